The van der Waals surface area contributed by atoms with Gasteiger partial charge >= 0.3 is 12.1 Å². The summed E-state index contributed by atoms with van der Waals surface area (Å²) < 4.78 is 24.6. The summed E-state index contributed by atoms with van der Waals surface area (Å²) in [6, 6.07) is 13.0. The van der Waals surface area contributed by atoms with Gasteiger partial charge in [-0.15, -0.1) is 0 Å². The van der Waals surface area contributed by atoms with Crippen LogP contribution in [0.25, 0.3) is 0 Å². The molecule has 0 spiro atoms. The molecule has 1 saturated carbocycles. The van der Waals surface area contributed by atoms with Gasteiger partial charge in [0.1, 0.15) is 18.5 Å². The summed E-state index contributed by atoms with van der Waals surface area (Å²) in [5.74, 6) is -1.48. The molecule has 1 N–H and O–H groups in total. The second kappa shape index (κ2) is 8.90. The first kappa shape index (κ1) is 22.3. The molecule has 1 aliphatic heterocycles. The van der Waals surface area contributed by atoms with Crippen LogP contribution in [0, 0.1) is 24.6 Å². The Labute approximate surface area is 186 Å². The average Bonchev–Trinajstić information content (AvgIpc) is 3.33. The molecule has 1 amide bonds. The number of halogens is 1. The van der Waals surface area contributed by atoms with E-state index in [-0.39, 0.29) is 37.4 Å². The van der Waals surface area contributed by atoms with Crippen molar-refractivity contribution in [3.8, 4) is 0 Å². The molecule has 7 heteroatoms. The van der Waals surface area contributed by atoms with Gasteiger partial charge in [0.05, 0.1) is 12.2 Å². The Kier molecular flexibility index (Phi) is 6.20. The summed E-state index contributed by atoms with van der Waals surface area (Å²) in [6.07, 6.45) is 0.360. The Hall–Kier alpha value is -2.93. The van der Waals surface area contributed by atoms with Crippen LogP contribution in [0.4, 0.5) is 9.18 Å². The van der Waals surface area contributed by atoms with Gasteiger partial charge < -0.3 is 14.6 Å². The number of likely N-dealkylation sites (tertiary alicyclic amines) is 1. The van der Waals surface area contributed by atoms with Crippen molar-refractivity contribution in [1.82, 2.24) is 4.90 Å². The van der Waals surface area contributed by atoms with Crippen LogP contribution in [0.15, 0.2) is 48.5 Å². The largest absolute Gasteiger partial charge is 0.464 e. The van der Waals surface area contributed by atoms with Crippen LogP contribution in [-0.2, 0) is 26.5 Å². The van der Waals surface area contributed by atoms with Crippen LogP contribution in [0.1, 0.15) is 36.5 Å². The number of ether oxygens (including phenoxy) is 2. The van der Waals surface area contributed by atoms with E-state index in [1.54, 1.807) is 26.0 Å². The smallest absolute Gasteiger partial charge is 0.410 e. The zero-order valence-electron chi connectivity index (χ0n) is 18.3. The van der Waals surface area contributed by atoms with Crippen LogP contribution in [0.5, 0.6) is 0 Å². The number of aliphatic hydroxyl groups is 1. The number of benzene rings is 2. The molecule has 0 radical (unpaired) electrons. The molecular weight excluding hydrogens is 413 g/mol. The summed E-state index contributed by atoms with van der Waals surface area (Å²) >= 11 is 0. The van der Waals surface area contributed by atoms with Gasteiger partial charge in [-0.2, -0.15) is 0 Å². The monoisotopic (exact) mass is 441 g/mol. The fourth-order valence-corrected chi connectivity index (χ4v) is 5.14. The highest BCUT2D eigenvalue weighted by Gasteiger charge is 2.60. The number of amides is 1. The van der Waals surface area contributed by atoms with Crippen molar-refractivity contribution < 1.29 is 28.6 Å². The minimum Gasteiger partial charge on any atom is -0.464 e. The fraction of sp³-hybridized carbons (Fsp3) is 0.440. The number of nitrogens with zero attached hydrogens (tertiary/aromatic N) is 1. The van der Waals surface area contributed by atoms with Crippen molar-refractivity contribution in [3.05, 3.63) is 71.0 Å². The second-order valence-electron chi connectivity index (χ2n) is 8.59. The average molecular weight is 441 g/mol. The highest BCUT2D eigenvalue weighted by atomic mass is 19.1. The summed E-state index contributed by atoms with van der Waals surface area (Å²) in [5, 5.41) is 11.6. The minimum atomic E-state index is -1.26. The highest BCUT2D eigenvalue weighted by molar-refractivity contribution is 5.83. The quantitative estimate of drug-likeness (QED) is 0.712. The molecule has 0 bridgehead atoms. The van der Waals surface area contributed by atoms with Crippen LogP contribution < -0.4 is 0 Å². The van der Waals surface area contributed by atoms with Gasteiger partial charge in [0.25, 0.3) is 0 Å². The van der Waals surface area contributed by atoms with Gasteiger partial charge in [-0.25, -0.2) is 14.0 Å². The van der Waals surface area contributed by atoms with Crippen LogP contribution in [-0.4, -0.2) is 41.3 Å². The van der Waals surface area contributed by atoms with E-state index in [2.05, 4.69) is 0 Å². The van der Waals surface area contributed by atoms with Crippen molar-refractivity contribution in [1.29, 1.82) is 0 Å². The first-order chi connectivity index (χ1) is 15.3. The van der Waals surface area contributed by atoms with E-state index in [1.165, 1.54) is 11.0 Å². The molecule has 2 aromatic rings. The van der Waals surface area contributed by atoms with Gasteiger partial charge in [-0.1, -0.05) is 42.5 Å². The third-order valence-electron chi connectivity index (χ3n) is 6.75. The molecule has 6 nitrogen and oxygen atoms in total. The number of rotatable bonds is 5. The zero-order chi connectivity index (χ0) is 22.9. The second-order valence-corrected chi connectivity index (χ2v) is 8.59. The van der Waals surface area contributed by atoms with E-state index in [4.69, 9.17) is 9.47 Å². The maximum Gasteiger partial charge on any atom is 0.410 e. The number of fused-ring (bicyclic) bond motifs is 1. The lowest BCUT2D eigenvalue weighted by Gasteiger charge is -2.31. The molecule has 1 heterocycles. The third kappa shape index (κ3) is 3.97. The Morgan fingerprint density at radius 1 is 1.19 bits per heavy atom. The predicted molar refractivity (Wildman–Crippen MR) is 115 cm³/mol. The molecule has 4 atom stereocenters. The molecule has 32 heavy (non-hydrogen) atoms. The maximum absolute atomic E-state index is 13.8. The predicted octanol–water partition coefficient (Wildman–Crippen LogP) is 3.93. The highest BCUT2D eigenvalue weighted by Crippen LogP contribution is 2.53. The number of aryl methyl sites for hydroxylation is 1. The van der Waals surface area contributed by atoms with E-state index in [0.29, 0.717) is 24.0 Å². The van der Waals surface area contributed by atoms with E-state index in [0.717, 1.165) is 5.56 Å². The lowest BCUT2D eigenvalue weighted by Crippen LogP contribution is -2.44. The zero-order valence-corrected chi connectivity index (χ0v) is 18.3. The van der Waals surface area contributed by atoms with Crippen molar-refractivity contribution in [2.45, 2.75) is 44.9 Å². The lowest BCUT2D eigenvalue weighted by atomic mass is 9.80. The minimum absolute atomic E-state index is 0.0858. The number of carbonyl (C=O) groups is 2. The number of esters is 1. The molecule has 2 aliphatic rings. The first-order valence-electron chi connectivity index (χ1n) is 11.0. The SMILES string of the molecule is CCOC(=O)[C@@H]1[C@H]2CCC(O)(c3ccc(F)c(C)c3)[C@H]2CN1C(=O)OCc1ccccc1. The Bertz CT molecular complexity index is 997. The summed E-state index contributed by atoms with van der Waals surface area (Å²) in [4.78, 5) is 27.2. The first-order valence-corrected chi connectivity index (χ1v) is 11.0. The van der Waals surface area contributed by atoms with Crippen LogP contribution in [0.3, 0.4) is 0 Å². The molecule has 2 fully saturated rings. The number of hydrogen-bond donors (Lipinski definition) is 1. The molecule has 1 saturated heterocycles. The molecule has 2 aromatic carbocycles. The Morgan fingerprint density at radius 2 is 1.94 bits per heavy atom. The summed E-state index contributed by atoms with van der Waals surface area (Å²) in [7, 11) is 0. The van der Waals surface area contributed by atoms with E-state index >= 15 is 0 Å². The van der Waals surface area contributed by atoms with Crippen molar-refractivity contribution >= 4 is 12.1 Å². The maximum atomic E-state index is 13.8. The van der Waals surface area contributed by atoms with Crippen LogP contribution in [0.2, 0.25) is 0 Å². The topological polar surface area (TPSA) is 76.1 Å². The van der Waals surface area contributed by atoms with E-state index in [9.17, 15) is 19.1 Å². The molecule has 1 aliphatic carbocycles. The third-order valence-corrected chi connectivity index (χ3v) is 6.75. The normalized spacial score (nSPS) is 26.6. The van der Waals surface area contributed by atoms with Gasteiger partial charge in [-0.3, -0.25) is 4.90 Å². The number of hydrogen-bond acceptors (Lipinski definition) is 5. The number of carbonyl (C=O) groups excluding carboxylic acids is 2. The molecule has 170 valence electrons. The van der Waals surface area contributed by atoms with Gasteiger partial charge in [0.15, 0.2) is 0 Å². The van der Waals surface area contributed by atoms with Crippen molar-refractivity contribution in [2.24, 2.45) is 11.8 Å². The Balaban J connectivity index is 1.59. The summed E-state index contributed by atoms with van der Waals surface area (Å²) in [5.41, 5.74) is 0.623. The van der Waals surface area contributed by atoms with Gasteiger partial charge in [0.2, 0.25) is 0 Å². The lowest BCUT2D eigenvalue weighted by molar-refractivity contribution is -0.149. The molecule has 0 aromatic heterocycles. The van der Waals surface area contributed by atoms with Crippen molar-refractivity contribution in [2.75, 3.05) is 13.2 Å². The fourth-order valence-electron chi connectivity index (χ4n) is 5.14. The molecule has 1 unspecified atom stereocenters. The standard InChI is InChI=1S/C25H28FNO5/c1-3-31-23(28)22-19-11-12-25(30,18-9-10-21(26)16(2)13-18)20(19)14-27(22)24(29)32-15-17-7-5-4-6-8-17/h4-10,13,19-20,22,30H,3,11-12,14-15H2,1-2H3/t19-,20-,22-,25?/m0/s1. The van der Waals surface area contributed by atoms with Gasteiger partial charge in [0, 0.05) is 12.5 Å². The van der Waals surface area contributed by atoms with Crippen LogP contribution >= 0.6 is 0 Å². The Morgan fingerprint density at radius 3 is 2.62 bits per heavy atom. The van der Waals surface area contributed by atoms with E-state index < -0.39 is 23.7 Å². The summed E-state index contributed by atoms with van der Waals surface area (Å²) in [6.45, 7) is 3.81. The molecular formula is C25H28FNO5. The van der Waals surface area contributed by atoms with Gasteiger partial charge in [-0.05, 0) is 55.4 Å². The van der Waals surface area contributed by atoms with Crippen molar-refractivity contribution in [3.63, 3.8) is 0 Å². The molecule has 4 rings (SSSR count). The van der Waals surface area contributed by atoms with E-state index in [1.807, 2.05) is 30.3 Å².